The van der Waals surface area contributed by atoms with Gasteiger partial charge in [0.2, 0.25) is 0 Å². The minimum Gasteiger partial charge on any atom is -0.394 e. The van der Waals surface area contributed by atoms with Gasteiger partial charge in [0, 0.05) is 17.7 Å². The highest BCUT2D eigenvalue weighted by Gasteiger charge is 2.51. The van der Waals surface area contributed by atoms with E-state index in [0.717, 1.165) is 0 Å². The second kappa shape index (κ2) is 7.87. The molecule has 1 saturated heterocycles. The van der Waals surface area contributed by atoms with E-state index in [1.807, 2.05) is 13.8 Å². The lowest BCUT2D eigenvalue weighted by molar-refractivity contribution is -0.0583. The third-order valence-electron chi connectivity index (χ3n) is 4.01. The molecule has 11 nitrogen and oxygen atoms in total. The number of rotatable bonds is 7. The monoisotopic (exact) mass is 386 g/mol. The molecule has 26 heavy (non-hydrogen) atoms. The predicted molar refractivity (Wildman–Crippen MR) is 90.6 cm³/mol. The Balaban J connectivity index is 1.98. The molecular formula is C14H21N5O6P+. The third-order valence-corrected chi connectivity index (χ3v) is 4.43. The van der Waals surface area contributed by atoms with Gasteiger partial charge in [-0.1, -0.05) is 0 Å². The van der Waals surface area contributed by atoms with Crippen LogP contribution in [0.4, 0.5) is 5.82 Å². The van der Waals surface area contributed by atoms with E-state index in [-0.39, 0.29) is 6.04 Å². The van der Waals surface area contributed by atoms with Crippen molar-refractivity contribution in [3.8, 4) is 0 Å². The molecule has 0 saturated carbocycles. The van der Waals surface area contributed by atoms with Crippen LogP contribution in [0.5, 0.6) is 0 Å². The molecular weight excluding hydrogens is 365 g/mol. The van der Waals surface area contributed by atoms with Gasteiger partial charge in [-0.15, -0.1) is 9.42 Å². The lowest BCUT2D eigenvalue weighted by atomic mass is 10.1. The number of nitrogens with zero attached hydrogens (tertiary/aromatic N) is 4. The van der Waals surface area contributed by atoms with E-state index < -0.39 is 39.4 Å². The van der Waals surface area contributed by atoms with Gasteiger partial charge >= 0.3 is 8.25 Å². The van der Waals surface area contributed by atoms with Gasteiger partial charge in [0.15, 0.2) is 29.3 Å². The number of anilines is 1. The molecule has 2 aromatic rings. The van der Waals surface area contributed by atoms with Crippen molar-refractivity contribution in [1.29, 1.82) is 0 Å². The number of ether oxygens (including phenoxy) is 2. The molecule has 0 bridgehead atoms. The number of aliphatic hydroxyl groups is 1. The zero-order valence-electron chi connectivity index (χ0n) is 14.5. The first-order valence-electron chi connectivity index (χ1n) is 8.02. The van der Waals surface area contributed by atoms with Gasteiger partial charge < -0.3 is 19.9 Å². The van der Waals surface area contributed by atoms with Crippen molar-refractivity contribution in [3.63, 3.8) is 0 Å². The molecule has 0 spiro atoms. The van der Waals surface area contributed by atoms with Gasteiger partial charge in [-0.05, 0) is 13.8 Å². The SMILES string of the molecule is COC1C(O[P+](=O)O)[C@@H](CO)O[C@H]1n1cnc2c(NC(C)C)ncnc21. The standard InChI is InChI=1S/C14H20N5O6P/c1-7(2)18-12-9-13(16-5-15-12)19(6-17-9)14-11(23-3)10(25-26(21)22)8(4-20)24-14/h5-8,10-11,14,20H,4H2,1-3H3,(H-,15,16,18,21,22)/p+1/t8-,10?,11?,14-/m1/s1. The maximum absolute atomic E-state index is 11.1. The number of hydrogen-bond donors (Lipinski definition) is 3. The number of aromatic nitrogens is 4. The summed E-state index contributed by atoms with van der Waals surface area (Å²) in [6.45, 7) is 3.57. The fourth-order valence-electron chi connectivity index (χ4n) is 2.98. The van der Waals surface area contributed by atoms with Crippen molar-refractivity contribution in [2.75, 3.05) is 19.0 Å². The highest BCUT2D eigenvalue weighted by atomic mass is 31.1. The van der Waals surface area contributed by atoms with Crippen molar-refractivity contribution in [1.82, 2.24) is 19.5 Å². The second-order valence-corrected chi connectivity index (χ2v) is 6.79. The van der Waals surface area contributed by atoms with Gasteiger partial charge in [0.05, 0.1) is 12.9 Å². The average molecular weight is 386 g/mol. The predicted octanol–water partition coefficient (Wildman–Crippen LogP) is 0.586. The lowest BCUT2D eigenvalue weighted by Gasteiger charge is -2.19. The fourth-order valence-corrected chi connectivity index (χ4v) is 3.44. The molecule has 142 valence electrons. The number of hydrogen-bond acceptors (Lipinski definition) is 9. The molecule has 3 heterocycles. The molecule has 1 aliphatic rings. The van der Waals surface area contributed by atoms with E-state index in [1.165, 1.54) is 19.8 Å². The molecule has 0 aliphatic carbocycles. The average Bonchev–Trinajstić information content (AvgIpc) is 3.15. The quantitative estimate of drug-likeness (QED) is 0.579. The van der Waals surface area contributed by atoms with Crippen molar-refractivity contribution < 1.29 is 28.6 Å². The maximum Gasteiger partial charge on any atom is 0.695 e. The zero-order chi connectivity index (χ0) is 18.8. The number of nitrogens with one attached hydrogen (secondary N) is 1. The highest BCUT2D eigenvalue weighted by Crippen LogP contribution is 2.38. The van der Waals surface area contributed by atoms with Gasteiger partial charge in [0.1, 0.15) is 18.5 Å². The first-order chi connectivity index (χ1) is 12.5. The highest BCUT2D eigenvalue weighted by molar-refractivity contribution is 7.32. The summed E-state index contributed by atoms with van der Waals surface area (Å²) >= 11 is 0. The molecule has 3 N–H and O–H groups in total. The minimum absolute atomic E-state index is 0.158. The van der Waals surface area contributed by atoms with Crippen LogP contribution in [0.3, 0.4) is 0 Å². The normalized spacial score (nSPS) is 26.6. The van der Waals surface area contributed by atoms with Crippen LogP contribution in [-0.4, -0.2) is 67.6 Å². The first-order valence-corrected chi connectivity index (χ1v) is 9.15. The number of methoxy groups -OCH3 is 1. The van der Waals surface area contributed by atoms with Crippen LogP contribution in [0.1, 0.15) is 20.1 Å². The van der Waals surface area contributed by atoms with Crippen LogP contribution < -0.4 is 5.32 Å². The smallest absolute Gasteiger partial charge is 0.394 e. The van der Waals surface area contributed by atoms with Gasteiger partial charge in [-0.25, -0.2) is 15.0 Å². The van der Waals surface area contributed by atoms with Crippen LogP contribution in [0, 0.1) is 0 Å². The zero-order valence-corrected chi connectivity index (χ0v) is 15.4. The molecule has 1 fully saturated rings. The largest absolute Gasteiger partial charge is 0.695 e. The number of aliphatic hydroxyl groups excluding tert-OH is 1. The summed E-state index contributed by atoms with van der Waals surface area (Å²) in [4.78, 5) is 21.9. The minimum atomic E-state index is -2.88. The summed E-state index contributed by atoms with van der Waals surface area (Å²) in [6, 6.07) is 0.158. The Bertz CT molecular complexity index is 786. The Morgan fingerprint density at radius 2 is 2.15 bits per heavy atom. The molecule has 1 aliphatic heterocycles. The second-order valence-electron chi connectivity index (χ2n) is 6.10. The van der Waals surface area contributed by atoms with E-state index in [4.69, 9.17) is 18.9 Å². The van der Waals surface area contributed by atoms with Crippen molar-refractivity contribution in [2.24, 2.45) is 0 Å². The van der Waals surface area contributed by atoms with Crippen LogP contribution in [0.2, 0.25) is 0 Å². The van der Waals surface area contributed by atoms with E-state index in [9.17, 15) is 9.67 Å². The molecule has 3 rings (SSSR count). The Hall–Kier alpha value is -1.75. The Morgan fingerprint density at radius 1 is 1.38 bits per heavy atom. The summed E-state index contributed by atoms with van der Waals surface area (Å²) in [6.07, 6.45) is -0.308. The maximum atomic E-state index is 11.1. The number of imidazole rings is 1. The molecule has 3 unspecified atom stereocenters. The van der Waals surface area contributed by atoms with E-state index in [1.54, 1.807) is 4.57 Å². The van der Waals surface area contributed by atoms with E-state index in [2.05, 4.69) is 20.3 Å². The molecule has 0 radical (unpaired) electrons. The molecule has 0 aromatic carbocycles. The molecule has 12 heteroatoms. The third kappa shape index (κ3) is 3.54. The van der Waals surface area contributed by atoms with Crippen molar-refractivity contribution >= 4 is 25.2 Å². The van der Waals surface area contributed by atoms with Gasteiger partial charge in [-0.3, -0.25) is 4.57 Å². The molecule has 2 aromatic heterocycles. The Labute approximate surface area is 150 Å². The summed E-state index contributed by atoms with van der Waals surface area (Å²) < 4.78 is 29.0. The van der Waals surface area contributed by atoms with Crippen LogP contribution in [-0.2, 0) is 18.6 Å². The van der Waals surface area contributed by atoms with Gasteiger partial charge in [0.25, 0.3) is 0 Å². The van der Waals surface area contributed by atoms with Crippen LogP contribution in [0.25, 0.3) is 11.2 Å². The topological polar surface area (TPSA) is 141 Å². The first kappa shape index (κ1) is 19.0. The summed E-state index contributed by atoms with van der Waals surface area (Å²) in [5, 5.41) is 12.7. The fraction of sp³-hybridized carbons (Fsp3) is 0.643. The summed E-state index contributed by atoms with van der Waals surface area (Å²) in [5.41, 5.74) is 1.05. The van der Waals surface area contributed by atoms with Crippen LogP contribution >= 0.6 is 8.25 Å². The van der Waals surface area contributed by atoms with E-state index >= 15 is 0 Å². The van der Waals surface area contributed by atoms with Crippen molar-refractivity contribution in [2.45, 2.75) is 44.4 Å². The Kier molecular flexibility index (Phi) is 5.76. The van der Waals surface area contributed by atoms with E-state index in [0.29, 0.717) is 17.0 Å². The van der Waals surface area contributed by atoms with Gasteiger partial charge in [-0.2, -0.15) is 0 Å². The summed E-state index contributed by atoms with van der Waals surface area (Å²) in [7, 11) is -1.45. The number of fused-ring (bicyclic) bond motifs is 1. The summed E-state index contributed by atoms with van der Waals surface area (Å²) in [5.74, 6) is 0.584. The molecule has 0 amide bonds. The lowest BCUT2D eigenvalue weighted by Crippen LogP contribution is -2.35. The molecule has 5 atom stereocenters. The Morgan fingerprint density at radius 3 is 2.77 bits per heavy atom. The van der Waals surface area contributed by atoms with Crippen LogP contribution in [0.15, 0.2) is 12.7 Å². The van der Waals surface area contributed by atoms with Crippen molar-refractivity contribution in [3.05, 3.63) is 12.7 Å².